The predicted molar refractivity (Wildman–Crippen MR) is 147 cm³/mol. The SMILES string of the molecule is [C-]#[N+]c1cnc([C@@H](C)N2CC3(CC3)c3c(CN(C)C)cc(Cn4ccnc4NC)cc3C2=O)cc1OCC. The molecule has 9 heteroatoms. The van der Waals surface area contributed by atoms with Gasteiger partial charge >= 0.3 is 0 Å². The molecule has 2 aliphatic rings. The predicted octanol–water partition coefficient (Wildman–Crippen LogP) is 4.63. The molecule has 198 valence electrons. The first kappa shape index (κ1) is 25.7. The van der Waals surface area contributed by atoms with Crippen LogP contribution >= 0.6 is 0 Å². The lowest BCUT2D eigenvalue weighted by Crippen LogP contribution is -2.45. The smallest absolute Gasteiger partial charge is 0.254 e. The lowest BCUT2D eigenvalue weighted by atomic mass is 9.81. The number of carbonyl (C=O) groups excluding carboxylic acids is 1. The molecule has 1 aliphatic carbocycles. The summed E-state index contributed by atoms with van der Waals surface area (Å²) in [6.45, 7) is 13.9. The van der Waals surface area contributed by atoms with Crippen LogP contribution < -0.4 is 10.1 Å². The number of pyridine rings is 1. The average molecular weight is 514 g/mol. The molecular formula is C29H35N7O2. The van der Waals surface area contributed by atoms with E-state index >= 15 is 0 Å². The first-order valence-electron chi connectivity index (χ1n) is 13.1. The molecule has 1 aromatic carbocycles. The fourth-order valence-corrected chi connectivity index (χ4v) is 5.67. The number of aromatic nitrogens is 3. The fraction of sp³-hybridized carbons (Fsp3) is 0.448. The number of benzene rings is 1. The van der Waals surface area contributed by atoms with E-state index < -0.39 is 0 Å². The Hall–Kier alpha value is -3.90. The number of rotatable bonds is 9. The van der Waals surface area contributed by atoms with Gasteiger partial charge in [0.25, 0.3) is 5.91 Å². The second-order valence-electron chi connectivity index (χ2n) is 10.6. The molecule has 1 N–H and O–H groups in total. The summed E-state index contributed by atoms with van der Waals surface area (Å²) < 4.78 is 7.76. The minimum absolute atomic E-state index is 0.0221. The van der Waals surface area contributed by atoms with Crippen molar-refractivity contribution in [2.24, 2.45) is 0 Å². The number of fused-ring (bicyclic) bond motifs is 2. The van der Waals surface area contributed by atoms with Crippen LogP contribution in [0.5, 0.6) is 5.75 Å². The topological polar surface area (TPSA) is 79.9 Å². The molecule has 0 bridgehead atoms. The second kappa shape index (κ2) is 10.1. The first-order chi connectivity index (χ1) is 18.3. The lowest BCUT2D eigenvalue weighted by Gasteiger charge is -2.40. The third-order valence-corrected chi connectivity index (χ3v) is 7.59. The standard InChI is InChI=1S/C29H35N7O2/c1-7-38-25-14-23(33-15-24(25)30-3)19(2)36-18-29(8-9-29)26-21(17-34(5)6)12-20(13-22(26)27(36)37)16-35-11-10-32-28(35)31-4/h10-15,19H,7-9,16-18H2,1-2,4-6H3,(H,31,32)/t19-/m1/s1. The summed E-state index contributed by atoms with van der Waals surface area (Å²) in [7, 11) is 6.00. The Morgan fingerprint density at radius 2 is 2.05 bits per heavy atom. The highest BCUT2D eigenvalue weighted by atomic mass is 16.5. The second-order valence-corrected chi connectivity index (χ2v) is 10.6. The summed E-state index contributed by atoms with van der Waals surface area (Å²) in [6.07, 6.45) is 7.41. The van der Waals surface area contributed by atoms with Crippen molar-refractivity contribution in [3.8, 4) is 5.75 Å². The normalized spacial score (nSPS) is 16.3. The molecule has 1 aliphatic heterocycles. The van der Waals surface area contributed by atoms with Gasteiger partial charge in [0.2, 0.25) is 11.6 Å². The van der Waals surface area contributed by atoms with E-state index in [0.29, 0.717) is 31.1 Å². The maximum absolute atomic E-state index is 14.2. The molecule has 0 radical (unpaired) electrons. The number of nitrogens with one attached hydrogen (secondary N) is 1. The van der Waals surface area contributed by atoms with Crippen molar-refractivity contribution in [2.75, 3.05) is 39.6 Å². The summed E-state index contributed by atoms with van der Waals surface area (Å²) in [6, 6.07) is 5.91. The third kappa shape index (κ3) is 4.61. The number of imidazole rings is 1. The molecule has 1 saturated carbocycles. The minimum Gasteiger partial charge on any atom is -0.505 e. The summed E-state index contributed by atoms with van der Waals surface area (Å²) in [5.41, 5.74) is 5.41. The van der Waals surface area contributed by atoms with Crippen LogP contribution in [0.15, 0.2) is 36.8 Å². The Balaban J connectivity index is 1.56. The van der Waals surface area contributed by atoms with Crippen LogP contribution in [0.1, 0.15) is 65.5 Å². The highest BCUT2D eigenvalue weighted by Gasteiger charge is 2.53. The summed E-state index contributed by atoms with van der Waals surface area (Å²) >= 11 is 0. The molecule has 1 amide bonds. The van der Waals surface area contributed by atoms with Gasteiger partial charge in [-0.25, -0.2) is 9.83 Å². The van der Waals surface area contributed by atoms with E-state index in [1.165, 1.54) is 11.1 Å². The zero-order valence-corrected chi connectivity index (χ0v) is 22.8. The van der Waals surface area contributed by atoms with Gasteiger partial charge < -0.3 is 24.4 Å². The van der Waals surface area contributed by atoms with Crippen molar-refractivity contribution in [1.82, 2.24) is 24.3 Å². The summed E-state index contributed by atoms with van der Waals surface area (Å²) in [4.78, 5) is 30.8. The summed E-state index contributed by atoms with van der Waals surface area (Å²) in [5, 5.41) is 3.13. The van der Waals surface area contributed by atoms with Crippen molar-refractivity contribution in [2.45, 2.75) is 51.2 Å². The number of ether oxygens (including phenoxy) is 1. The van der Waals surface area contributed by atoms with Crippen LogP contribution in [0.25, 0.3) is 4.85 Å². The van der Waals surface area contributed by atoms with Crippen molar-refractivity contribution in [3.05, 3.63) is 76.2 Å². The van der Waals surface area contributed by atoms with Crippen molar-refractivity contribution in [1.29, 1.82) is 0 Å². The Kier molecular flexibility index (Phi) is 6.84. The van der Waals surface area contributed by atoms with Crippen LogP contribution in [0.4, 0.5) is 11.6 Å². The number of hydrogen-bond donors (Lipinski definition) is 1. The van der Waals surface area contributed by atoms with Gasteiger partial charge in [0.1, 0.15) is 5.75 Å². The van der Waals surface area contributed by atoms with E-state index in [4.69, 9.17) is 11.3 Å². The van der Waals surface area contributed by atoms with Gasteiger partial charge in [0.15, 0.2) is 0 Å². The Morgan fingerprint density at radius 1 is 1.26 bits per heavy atom. The molecule has 3 aromatic rings. The van der Waals surface area contributed by atoms with E-state index in [9.17, 15) is 4.79 Å². The Morgan fingerprint density at radius 3 is 2.71 bits per heavy atom. The highest BCUT2D eigenvalue weighted by molar-refractivity contribution is 5.99. The van der Waals surface area contributed by atoms with Gasteiger partial charge in [-0.1, -0.05) is 6.07 Å². The largest absolute Gasteiger partial charge is 0.505 e. The minimum atomic E-state index is -0.252. The Labute approximate surface area is 224 Å². The molecule has 0 unspecified atom stereocenters. The van der Waals surface area contributed by atoms with Gasteiger partial charge in [0, 0.05) is 49.7 Å². The van der Waals surface area contributed by atoms with Crippen LogP contribution in [-0.4, -0.2) is 64.5 Å². The van der Waals surface area contributed by atoms with Crippen LogP contribution in [0.3, 0.4) is 0 Å². The zero-order valence-electron chi connectivity index (χ0n) is 22.8. The lowest BCUT2D eigenvalue weighted by molar-refractivity contribution is 0.0633. The molecule has 2 aromatic heterocycles. The van der Waals surface area contributed by atoms with Gasteiger partial charge in [-0.3, -0.25) is 9.78 Å². The van der Waals surface area contributed by atoms with E-state index in [0.717, 1.165) is 42.2 Å². The van der Waals surface area contributed by atoms with E-state index in [1.54, 1.807) is 12.4 Å². The van der Waals surface area contributed by atoms with E-state index in [1.807, 2.05) is 38.1 Å². The van der Waals surface area contributed by atoms with E-state index in [2.05, 4.69) is 55.8 Å². The molecule has 1 spiro atoms. The molecule has 5 rings (SSSR count). The zero-order chi connectivity index (χ0) is 27.0. The summed E-state index contributed by atoms with van der Waals surface area (Å²) in [5.74, 6) is 1.33. The van der Waals surface area contributed by atoms with Gasteiger partial charge in [0.05, 0.1) is 31.5 Å². The average Bonchev–Trinajstić information content (AvgIpc) is 3.52. The first-order valence-corrected chi connectivity index (χ1v) is 13.1. The van der Waals surface area contributed by atoms with Crippen molar-refractivity contribution in [3.63, 3.8) is 0 Å². The number of anilines is 1. The number of nitrogens with zero attached hydrogens (tertiary/aromatic N) is 6. The number of carbonyl (C=O) groups is 1. The van der Waals surface area contributed by atoms with Crippen molar-refractivity contribution < 1.29 is 9.53 Å². The van der Waals surface area contributed by atoms with Crippen molar-refractivity contribution >= 4 is 17.5 Å². The van der Waals surface area contributed by atoms with Crippen LogP contribution in [0, 0.1) is 6.57 Å². The monoisotopic (exact) mass is 513 g/mol. The maximum Gasteiger partial charge on any atom is 0.254 e. The number of hydrogen-bond acceptors (Lipinski definition) is 6. The number of amides is 1. The molecule has 3 heterocycles. The fourth-order valence-electron chi connectivity index (χ4n) is 5.67. The third-order valence-electron chi connectivity index (χ3n) is 7.59. The van der Waals surface area contributed by atoms with E-state index in [-0.39, 0.29) is 17.4 Å². The quantitative estimate of drug-likeness (QED) is 0.421. The molecular weight excluding hydrogens is 478 g/mol. The van der Waals surface area contributed by atoms with Gasteiger partial charge in [-0.2, -0.15) is 0 Å². The molecule has 1 fully saturated rings. The molecule has 38 heavy (non-hydrogen) atoms. The molecule has 1 atom stereocenters. The van der Waals surface area contributed by atoms with Crippen LogP contribution in [0.2, 0.25) is 0 Å². The highest BCUT2D eigenvalue weighted by Crippen LogP contribution is 2.55. The Bertz CT molecular complexity index is 1400. The van der Waals surface area contributed by atoms with Gasteiger partial charge in [-0.05, 0) is 69.6 Å². The molecule has 9 nitrogen and oxygen atoms in total. The van der Waals surface area contributed by atoms with Crippen LogP contribution in [-0.2, 0) is 18.5 Å². The van der Waals surface area contributed by atoms with Gasteiger partial charge in [-0.15, -0.1) is 0 Å². The molecule has 0 saturated heterocycles. The maximum atomic E-state index is 14.2.